The summed E-state index contributed by atoms with van der Waals surface area (Å²) >= 11 is 0. The van der Waals surface area contributed by atoms with E-state index in [2.05, 4.69) is 39.5 Å². The van der Waals surface area contributed by atoms with E-state index in [0.29, 0.717) is 35.6 Å². The Kier molecular flexibility index (Phi) is 8.33. The third-order valence-corrected chi connectivity index (χ3v) is 17.7. The Morgan fingerprint density at radius 1 is 1.00 bits per heavy atom. The number of carbonyl (C=O) groups excluding carboxylic acids is 1. The van der Waals surface area contributed by atoms with Crippen LogP contribution in [-0.4, -0.2) is 102 Å². The molecule has 2 spiro atoms. The monoisotopic (exact) mass is 713 g/mol. The quantitative estimate of drug-likeness (QED) is 0.306. The lowest BCUT2D eigenvalue weighted by atomic mass is 9.41. The van der Waals surface area contributed by atoms with Crippen molar-refractivity contribution in [1.29, 1.82) is 0 Å². The van der Waals surface area contributed by atoms with E-state index in [1.807, 2.05) is 0 Å². The predicted octanol–water partition coefficient (Wildman–Crippen LogP) is 5.72. The molecule has 9 nitrogen and oxygen atoms in total. The maximum atomic E-state index is 12.9. The van der Waals surface area contributed by atoms with Crippen molar-refractivity contribution in [2.24, 2.45) is 56.7 Å². The average Bonchev–Trinajstić information content (AvgIpc) is 3.95. The molecule has 14 atom stereocenters. The molecule has 0 aromatic rings. The molecule has 3 aliphatic heterocycles. The Labute approximate surface area is 306 Å². The van der Waals surface area contributed by atoms with Gasteiger partial charge < -0.3 is 33.9 Å². The van der Waals surface area contributed by atoms with E-state index in [4.69, 9.17) is 23.7 Å². The smallest absolute Gasteiger partial charge is 0.306 e. The lowest BCUT2D eigenvalue weighted by Crippen LogP contribution is -2.60. The van der Waals surface area contributed by atoms with Crippen molar-refractivity contribution in [2.45, 2.75) is 168 Å². The van der Waals surface area contributed by atoms with Crippen LogP contribution < -0.4 is 0 Å². The van der Waals surface area contributed by atoms with E-state index in [0.717, 1.165) is 71.4 Å². The maximum Gasteiger partial charge on any atom is 0.306 e. The van der Waals surface area contributed by atoms with Crippen LogP contribution >= 0.6 is 0 Å². The van der Waals surface area contributed by atoms with E-state index in [-0.39, 0.29) is 58.0 Å². The molecular weight excluding hydrogens is 646 g/mol. The number of ether oxygens (including phenoxy) is 5. The molecule has 9 unspecified atom stereocenters. The van der Waals surface area contributed by atoms with Crippen LogP contribution in [0, 0.1) is 56.7 Å². The van der Waals surface area contributed by atoms with Crippen LogP contribution in [0.4, 0.5) is 0 Å². The van der Waals surface area contributed by atoms with Crippen LogP contribution in [0.3, 0.4) is 0 Å². The van der Waals surface area contributed by atoms with Crippen LogP contribution in [0.1, 0.15) is 119 Å². The first-order chi connectivity index (χ1) is 24.0. The second-order valence-electron chi connectivity index (χ2n) is 20.9. The van der Waals surface area contributed by atoms with Gasteiger partial charge in [-0.15, -0.1) is 0 Å². The van der Waals surface area contributed by atoms with Crippen molar-refractivity contribution in [3.8, 4) is 0 Å². The summed E-state index contributed by atoms with van der Waals surface area (Å²) in [4.78, 5) is 15.4. The number of morpholine rings is 1. The zero-order valence-electron chi connectivity index (χ0n) is 32.5. The van der Waals surface area contributed by atoms with Gasteiger partial charge in [-0.3, -0.25) is 9.69 Å². The summed E-state index contributed by atoms with van der Waals surface area (Å²) in [6.07, 6.45) is 9.42. The van der Waals surface area contributed by atoms with Gasteiger partial charge in [0, 0.05) is 18.4 Å². The van der Waals surface area contributed by atoms with Gasteiger partial charge in [-0.1, -0.05) is 34.6 Å². The minimum absolute atomic E-state index is 0.0492. The molecule has 6 saturated carbocycles. The number of hydrogen-bond donors (Lipinski definition) is 2. The standard InChI is InChI=1S/C42H67NO8/c1-24-18-27(36(38(4,5)46)51-31(44)19-25-8-9-25)49-34-33(24)39(6)14-15-42-23-41(42)13-12-30(50-32-20-43(16-17-48-32)26-21-47-22-26)37(2,3)28(41)10-11-29(42)40(39,7)35(34)45/h24-30,32-36,45-46H,8-23H2,1-7H3/t24-,27?,28+,29?,30?,32?,33+,34?,35+,36?,39?,40-,41?,42?/m1/s1. The number of aliphatic hydroxyl groups excluding tert-OH is 1. The first-order valence-corrected chi connectivity index (χ1v) is 20.9. The van der Waals surface area contributed by atoms with Crippen LogP contribution in [0.25, 0.3) is 0 Å². The van der Waals surface area contributed by atoms with Crippen LogP contribution in [-0.2, 0) is 28.5 Å². The fourth-order valence-corrected chi connectivity index (χ4v) is 14.8. The second-order valence-corrected chi connectivity index (χ2v) is 20.9. The molecule has 0 aromatic carbocycles. The van der Waals surface area contributed by atoms with Crippen LogP contribution in [0.15, 0.2) is 0 Å². The molecule has 0 radical (unpaired) electrons. The Hall–Kier alpha value is -0.810. The third-order valence-electron chi connectivity index (χ3n) is 17.7. The van der Waals surface area contributed by atoms with Gasteiger partial charge in [-0.05, 0) is 129 Å². The SMILES string of the molecule is C[C@@H]1CC(C(OC(=O)CC2CC2)C(C)(C)O)OC2[C@H]1C1(C)CCC34CC35CCC(OC3CN(C6COC6)CCO3)C(C)(C)[C@@H]5CCC4[C@]1(C)[C@H]2O. The van der Waals surface area contributed by atoms with Gasteiger partial charge in [-0.2, -0.15) is 0 Å². The zero-order chi connectivity index (χ0) is 35.9. The Bertz CT molecular complexity index is 1370. The van der Waals surface area contributed by atoms with Crippen molar-refractivity contribution in [2.75, 3.05) is 32.9 Å². The number of esters is 1. The molecule has 2 N–H and O–H groups in total. The fourth-order valence-electron chi connectivity index (χ4n) is 14.8. The van der Waals surface area contributed by atoms with E-state index in [1.165, 1.54) is 25.7 Å². The summed E-state index contributed by atoms with van der Waals surface area (Å²) in [5.41, 5.74) is -0.932. The highest BCUT2D eigenvalue weighted by Gasteiger charge is 2.84. The number of rotatable bonds is 8. The van der Waals surface area contributed by atoms with E-state index in [1.54, 1.807) is 13.8 Å². The molecule has 6 aliphatic carbocycles. The molecule has 9 heteroatoms. The van der Waals surface area contributed by atoms with Crippen molar-refractivity contribution >= 4 is 5.97 Å². The van der Waals surface area contributed by atoms with Gasteiger partial charge in [0.05, 0.1) is 62.4 Å². The van der Waals surface area contributed by atoms with Crippen molar-refractivity contribution in [3.63, 3.8) is 0 Å². The molecule has 288 valence electrons. The van der Waals surface area contributed by atoms with Gasteiger partial charge in [0.2, 0.25) is 0 Å². The Morgan fingerprint density at radius 3 is 2.41 bits per heavy atom. The van der Waals surface area contributed by atoms with E-state index in [9.17, 15) is 15.0 Å². The molecule has 9 aliphatic rings. The molecule has 0 bridgehead atoms. The highest BCUT2D eigenvalue weighted by Crippen LogP contribution is 2.89. The lowest BCUT2D eigenvalue weighted by molar-refractivity contribution is -0.256. The number of hydrogen-bond acceptors (Lipinski definition) is 9. The molecule has 51 heavy (non-hydrogen) atoms. The zero-order valence-corrected chi connectivity index (χ0v) is 32.5. The number of carbonyl (C=O) groups is 1. The van der Waals surface area contributed by atoms with E-state index < -0.39 is 23.9 Å². The summed E-state index contributed by atoms with van der Waals surface area (Å²) in [6, 6.07) is 0.508. The maximum absolute atomic E-state index is 12.9. The van der Waals surface area contributed by atoms with Gasteiger partial charge in [-0.25, -0.2) is 0 Å². The second kappa shape index (κ2) is 11.8. The fraction of sp³-hybridized carbons (Fsp3) is 0.976. The molecule has 9 rings (SSSR count). The van der Waals surface area contributed by atoms with Crippen LogP contribution in [0.5, 0.6) is 0 Å². The van der Waals surface area contributed by atoms with Gasteiger partial charge in [0.1, 0.15) is 0 Å². The van der Waals surface area contributed by atoms with Gasteiger partial charge in [0.25, 0.3) is 0 Å². The van der Waals surface area contributed by atoms with Crippen molar-refractivity contribution in [1.82, 2.24) is 4.90 Å². The molecular formula is C42H67NO8. The van der Waals surface area contributed by atoms with Crippen molar-refractivity contribution < 1.29 is 38.7 Å². The first kappa shape index (κ1) is 35.9. The predicted molar refractivity (Wildman–Crippen MR) is 190 cm³/mol. The highest BCUT2D eigenvalue weighted by molar-refractivity contribution is 5.70. The summed E-state index contributed by atoms with van der Waals surface area (Å²) in [6.45, 7) is 19.8. The Balaban J connectivity index is 0.938. The average molecular weight is 714 g/mol. The summed E-state index contributed by atoms with van der Waals surface area (Å²) < 4.78 is 31.7. The van der Waals surface area contributed by atoms with Gasteiger partial charge >= 0.3 is 5.97 Å². The highest BCUT2D eigenvalue weighted by atomic mass is 16.7. The molecule has 9 fully saturated rings. The number of nitrogens with zero attached hydrogens (tertiary/aromatic N) is 1. The molecule has 3 saturated heterocycles. The number of fused-ring (bicyclic) bond motifs is 4. The third kappa shape index (κ3) is 5.13. The molecule has 0 amide bonds. The summed E-state index contributed by atoms with van der Waals surface area (Å²) in [5, 5.41) is 24.0. The summed E-state index contributed by atoms with van der Waals surface area (Å²) in [5.74, 6) is 1.74. The largest absolute Gasteiger partial charge is 0.457 e. The molecule has 0 aromatic heterocycles. The first-order valence-electron chi connectivity index (χ1n) is 20.9. The lowest BCUT2D eigenvalue weighted by Gasteiger charge is -2.64. The van der Waals surface area contributed by atoms with E-state index >= 15 is 0 Å². The normalized spacial score (nSPS) is 51.2. The van der Waals surface area contributed by atoms with Gasteiger partial charge in [0.15, 0.2) is 12.4 Å². The van der Waals surface area contributed by atoms with Crippen LogP contribution in [0.2, 0.25) is 0 Å². The Morgan fingerprint density at radius 2 is 1.73 bits per heavy atom. The van der Waals surface area contributed by atoms with Crippen molar-refractivity contribution in [3.05, 3.63) is 0 Å². The topological polar surface area (TPSA) is 107 Å². The molecule has 3 heterocycles. The summed E-state index contributed by atoms with van der Waals surface area (Å²) in [7, 11) is 0. The minimum atomic E-state index is -1.24. The minimum Gasteiger partial charge on any atom is -0.457 e. The number of aliphatic hydroxyl groups is 2.